The van der Waals surface area contributed by atoms with Crippen LogP contribution in [0.4, 0.5) is 32.2 Å². The lowest BCUT2D eigenvalue weighted by atomic mass is 10.2. The molecule has 10 heteroatoms. The molecule has 0 radical (unpaired) electrons. The van der Waals surface area contributed by atoms with E-state index in [4.69, 9.17) is 0 Å². The van der Waals surface area contributed by atoms with Crippen molar-refractivity contribution in [3.05, 3.63) is 11.9 Å². The lowest BCUT2D eigenvalue weighted by molar-refractivity contribution is -0.300. The van der Waals surface area contributed by atoms with Gasteiger partial charge in [0.2, 0.25) is 5.88 Å². The van der Waals surface area contributed by atoms with E-state index in [0.29, 0.717) is 0 Å². The average Bonchev–Trinajstić information content (AvgIpc) is 2.32. The molecule has 0 aliphatic carbocycles. The molecule has 0 fully saturated rings. The first kappa shape index (κ1) is 17.3. The van der Waals surface area contributed by atoms with Crippen LogP contribution < -0.4 is 10.1 Å². The maximum absolute atomic E-state index is 12.4. The first-order valence-electron chi connectivity index (χ1n) is 5.82. The third-order valence-corrected chi connectivity index (χ3v) is 2.33. The summed E-state index contributed by atoms with van der Waals surface area (Å²) in [5.74, 6) is -0.958. The van der Waals surface area contributed by atoms with Crippen LogP contribution in [0.1, 0.15) is 25.6 Å². The summed E-state index contributed by atoms with van der Waals surface area (Å²) in [5, 5.41) is 2.52. The molecule has 0 atom stereocenters. The number of halogens is 6. The molecule has 0 saturated carbocycles. The zero-order valence-corrected chi connectivity index (χ0v) is 11.3. The molecule has 0 unspecified atom stereocenters. The van der Waals surface area contributed by atoms with Crippen molar-refractivity contribution in [3.63, 3.8) is 0 Å². The third-order valence-electron chi connectivity index (χ3n) is 2.33. The minimum atomic E-state index is -5.60. The lowest BCUT2D eigenvalue weighted by Crippen LogP contribution is -2.46. The van der Waals surface area contributed by atoms with Gasteiger partial charge in [0, 0.05) is 19.0 Å². The molecule has 0 amide bonds. The summed E-state index contributed by atoms with van der Waals surface area (Å²) in [4.78, 5) is 7.49. The van der Waals surface area contributed by atoms with Crippen LogP contribution in [-0.4, -0.2) is 35.5 Å². The average molecular weight is 317 g/mol. The Labute approximate surface area is 116 Å². The normalized spacial score (nSPS) is 12.9. The van der Waals surface area contributed by atoms with Crippen LogP contribution in [0.25, 0.3) is 0 Å². The molecular formula is C11H13F6N3O. The summed E-state index contributed by atoms with van der Waals surface area (Å²) in [6.07, 6.45) is -15.1. The number of rotatable bonds is 4. The van der Waals surface area contributed by atoms with Gasteiger partial charge in [-0.15, -0.1) is 0 Å². The van der Waals surface area contributed by atoms with Gasteiger partial charge < -0.3 is 10.1 Å². The van der Waals surface area contributed by atoms with Crippen LogP contribution in [-0.2, 0) is 0 Å². The maximum Gasteiger partial charge on any atom is 0.434 e. The molecule has 0 aromatic carbocycles. The molecule has 1 rings (SSSR count). The highest BCUT2D eigenvalue weighted by molar-refractivity contribution is 5.38. The summed E-state index contributed by atoms with van der Waals surface area (Å²) >= 11 is 0. The number of anilines is 1. The molecule has 1 heterocycles. The van der Waals surface area contributed by atoms with Crippen molar-refractivity contribution in [1.29, 1.82) is 0 Å². The highest BCUT2D eigenvalue weighted by Crippen LogP contribution is 2.36. The fourth-order valence-electron chi connectivity index (χ4n) is 1.33. The first-order chi connectivity index (χ1) is 9.45. The van der Waals surface area contributed by atoms with Gasteiger partial charge in [-0.05, 0) is 0 Å². The van der Waals surface area contributed by atoms with Crippen molar-refractivity contribution >= 4 is 5.82 Å². The first-order valence-corrected chi connectivity index (χ1v) is 5.82. The van der Waals surface area contributed by atoms with E-state index in [0.717, 1.165) is 6.07 Å². The van der Waals surface area contributed by atoms with E-state index in [1.54, 1.807) is 13.8 Å². The summed E-state index contributed by atoms with van der Waals surface area (Å²) in [6, 6.07) is 0.871. The minimum Gasteiger partial charge on any atom is -0.455 e. The van der Waals surface area contributed by atoms with Gasteiger partial charge in [-0.2, -0.15) is 31.3 Å². The molecule has 1 aromatic rings. The highest BCUT2D eigenvalue weighted by Gasteiger charge is 2.59. The van der Waals surface area contributed by atoms with Gasteiger partial charge in [-0.25, -0.2) is 4.98 Å². The summed E-state index contributed by atoms with van der Waals surface area (Å²) < 4.78 is 78.7. The molecule has 21 heavy (non-hydrogen) atoms. The molecule has 1 N–H and O–H groups in total. The molecule has 120 valence electrons. The maximum atomic E-state index is 12.4. The predicted molar refractivity (Wildman–Crippen MR) is 62.2 cm³/mol. The van der Waals surface area contributed by atoms with E-state index in [1.807, 2.05) is 0 Å². The number of alkyl halides is 6. The third kappa shape index (κ3) is 4.64. The number of aromatic nitrogens is 2. The second-order valence-electron chi connectivity index (χ2n) is 4.44. The van der Waals surface area contributed by atoms with Gasteiger partial charge in [0.05, 0.1) is 0 Å². The summed E-state index contributed by atoms with van der Waals surface area (Å²) in [5.41, 5.74) is 0. The molecule has 0 spiro atoms. The van der Waals surface area contributed by atoms with Crippen molar-refractivity contribution in [2.45, 2.75) is 38.2 Å². The van der Waals surface area contributed by atoms with E-state index in [2.05, 4.69) is 20.0 Å². The largest absolute Gasteiger partial charge is 0.455 e. The van der Waals surface area contributed by atoms with Crippen molar-refractivity contribution in [1.82, 2.24) is 9.97 Å². The minimum absolute atomic E-state index is 0.0619. The molecule has 0 bridgehead atoms. The van der Waals surface area contributed by atoms with Crippen LogP contribution in [0.5, 0.6) is 5.88 Å². The van der Waals surface area contributed by atoms with E-state index in [9.17, 15) is 26.3 Å². The monoisotopic (exact) mass is 317 g/mol. The highest BCUT2D eigenvalue weighted by atomic mass is 19.4. The van der Waals surface area contributed by atoms with Crippen molar-refractivity contribution < 1.29 is 31.1 Å². The van der Waals surface area contributed by atoms with Crippen LogP contribution in [0.3, 0.4) is 0 Å². The number of ether oxygens (including phenoxy) is 1. The molecule has 0 aliphatic rings. The Kier molecular flexibility index (Phi) is 4.90. The van der Waals surface area contributed by atoms with E-state index in [-0.39, 0.29) is 17.6 Å². The second-order valence-corrected chi connectivity index (χ2v) is 4.44. The predicted octanol–water partition coefficient (Wildman–Crippen LogP) is 3.51. The lowest BCUT2D eigenvalue weighted by Gasteiger charge is -2.23. The zero-order valence-electron chi connectivity index (χ0n) is 11.3. The Morgan fingerprint density at radius 3 is 1.95 bits per heavy atom. The van der Waals surface area contributed by atoms with Gasteiger partial charge >= 0.3 is 12.4 Å². The van der Waals surface area contributed by atoms with Crippen LogP contribution >= 0.6 is 0 Å². The van der Waals surface area contributed by atoms with Crippen molar-refractivity contribution in [3.8, 4) is 5.88 Å². The molecular weight excluding hydrogens is 304 g/mol. The Morgan fingerprint density at radius 2 is 1.57 bits per heavy atom. The van der Waals surface area contributed by atoms with Crippen LogP contribution in [0, 0.1) is 0 Å². The number of hydrogen-bond donors (Lipinski definition) is 1. The topological polar surface area (TPSA) is 47.0 Å². The smallest absolute Gasteiger partial charge is 0.434 e. The number of nitrogens with one attached hydrogen (secondary N) is 1. The summed E-state index contributed by atoms with van der Waals surface area (Å²) in [6.45, 7) is 3.28. The SMILES string of the molecule is CNc1cc(OC(C(F)(F)F)C(F)(F)F)nc(C(C)C)n1. The van der Waals surface area contributed by atoms with Gasteiger partial charge in [0.25, 0.3) is 6.10 Å². The molecule has 1 aromatic heterocycles. The quantitative estimate of drug-likeness (QED) is 0.863. The van der Waals surface area contributed by atoms with E-state index >= 15 is 0 Å². The van der Waals surface area contributed by atoms with E-state index < -0.39 is 24.3 Å². The van der Waals surface area contributed by atoms with Gasteiger partial charge in [0.15, 0.2) is 0 Å². The standard InChI is InChI=1S/C11H13F6N3O/c1-5(2)8-19-6(18-3)4-7(20-8)21-9(10(12,13)14)11(15,16)17/h4-5,9H,1-3H3,(H,18,19,20). The van der Waals surface area contributed by atoms with Crippen LogP contribution in [0.15, 0.2) is 6.07 Å². The summed E-state index contributed by atoms with van der Waals surface area (Å²) in [7, 11) is 1.42. The Balaban J connectivity index is 3.18. The molecule has 0 aliphatic heterocycles. The van der Waals surface area contributed by atoms with Gasteiger partial charge in [-0.1, -0.05) is 13.8 Å². The Hall–Kier alpha value is -1.74. The van der Waals surface area contributed by atoms with Gasteiger partial charge in [0.1, 0.15) is 11.6 Å². The van der Waals surface area contributed by atoms with Crippen molar-refractivity contribution in [2.24, 2.45) is 0 Å². The second kappa shape index (κ2) is 5.94. The van der Waals surface area contributed by atoms with Gasteiger partial charge in [-0.3, -0.25) is 0 Å². The van der Waals surface area contributed by atoms with Crippen molar-refractivity contribution in [2.75, 3.05) is 12.4 Å². The van der Waals surface area contributed by atoms with E-state index in [1.165, 1.54) is 7.05 Å². The Bertz CT molecular complexity index is 472. The zero-order chi connectivity index (χ0) is 16.4. The fraction of sp³-hybridized carbons (Fsp3) is 0.636. The fourth-order valence-corrected chi connectivity index (χ4v) is 1.33. The van der Waals surface area contributed by atoms with Crippen LogP contribution in [0.2, 0.25) is 0 Å². The number of nitrogens with zero attached hydrogens (tertiary/aromatic N) is 2. The molecule has 0 saturated heterocycles. The Morgan fingerprint density at radius 1 is 1.05 bits per heavy atom. The number of hydrogen-bond acceptors (Lipinski definition) is 4. The molecule has 4 nitrogen and oxygen atoms in total.